The van der Waals surface area contributed by atoms with Crippen LogP contribution >= 0.6 is 45.5 Å². The molecule has 2 heterocycles. The van der Waals surface area contributed by atoms with Gasteiger partial charge in [-0.3, -0.25) is 0 Å². The first kappa shape index (κ1) is 14.3. The van der Waals surface area contributed by atoms with Gasteiger partial charge in [0.15, 0.2) is 0 Å². The van der Waals surface area contributed by atoms with Crippen LogP contribution in [0.3, 0.4) is 0 Å². The van der Waals surface area contributed by atoms with Crippen LogP contribution in [0.2, 0.25) is 0 Å². The smallest absolute Gasteiger partial charge is 0.111 e. The highest BCUT2D eigenvalue weighted by Gasteiger charge is 2.11. The summed E-state index contributed by atoms with van der Waals surface area (Å²) < 4.78 is 3.48. The Hall–Kier alpha value is -0.660. The first-order chi connectivity index (χ1) is 9.78. The standard InChI is InChI=1S/C14H13ClIN3S/c15-5-3-13-18-11-9-10(16)1-2-12(11)19(13)7-4-14-17-6-8-20-14/h1-2,6,8-9H,3-5,7H2. The van der Waals surface area contributed by atoms with Crippen molar-refractivity contribution in [2.45, 2.75) is 19.4 Å². The minimum Gasteiger partial charge on any atom is -0.328 e. The van der Waals surface area contributed by atoms with Crippen molar-refractivity contribution in [1.82, 2.24) is 14.5 Å². The number of nitrogens with zero attached hydrogens (tertiary/aromatic N) is 3. The topological polar surface area (TPSA) is 30.7 Å². The third kappa shape index (κ3) is 2.99. The Labute approximate surface area is 140 Å². The molecule has 1 aromatic carbocycles. The van der Waals surface area contributed by atoms with E-state index < -0.39 is 0 Å². The third-order valence-corrected chi connectivity index (χ3v) is 4.84. The van der Waals surface area contributed by atoms with Crippen molar-refractivity contribution in [2.24, 2.45) is 0 Å². The number of halogens is 2. The maximum absolute atomic E-state index is 5.90. The van der Waals surface area contributed by atoms with Crippen LogP contribution in [0.15, 0.2) is 29.8 Å². The number of thiazole rings is 1. The minimum atomic E-state index is 0.595. The van der Waals surface area contributed by atoms with Gasteiger partial charge in [0.2, 0.25) is 0 Å². The van der Waals surface area contributed by atoms with Crippen molar-refractivity contribution >= 4 is 56.6 Å². The van der Waals surface area contributed by atoms with Crippen LogP contribution in [0, 0.1) is 3.57 Å². The summed E-state index contributed by atoms with van der Waals surface area (Å²) in [6.45, 7) is 0.900. The molecule has 3 nitrogen and oxygen atoms in total. The highest BCUT2D eigenvalue weighted by Crippen LogP contribution is 2.20. The Morgan fingerprint density at radius 2 is 2.20 bits per heavy atom. The van der Waals surface area contributed by atoms with Crippen LogP contribution in [0.25, 0.3) is 11.0 Å². The van der Waals surface area contributed by atoms with Gasteiger partial charge < -0.3 is 4.57 Å². The molecule has 0 N–H and O–H groups in total. The van der Waals surface area contributed by atoms with Gasteiger partial charge in [0, 0.05) is 40.4 Å². The van der Waals surface area contributed by atoms with Gasteiger partial charge in [-0.15, -0.1) is 22.9 Å². The van der Waals surface area contributed by atoms with Crippen molar-refractivity contribution in [2.75, 3.05) is 5.88 Å². The second-order valence-electron chi connectivity index (χ2n) is 4.43. The number of benzene rings is 1. The molecule has 0 unspecified atom stereocenters. The largest absolute Gasteiger partial charge is 0.328 e. The predicted octanol–water partition coefficient (Wildman–Crippen LogP) is 4.12. The highest BCUT2D eigenvalue weighted by atomic mass is 127. The van der Waals surface area contributed by atoms with E-state index in [1.807, 2.05) is 11.6 Å². The summed E-state index contributed by atoms with van der Waals surface area (Å²) in [5.41, 5.74) is 2.23. The molecular weight excluding hydrogens is 405 g/mol. The lowest BCUT2D eigenvalue weighted by Gasteiger charge is -2.07. The SMILES string of the molecule is ClCCc1nc2cc(I)ccc2n1CCc1nccs1. The van der Waals surface area contributed by atoms with Crippen molar-refractivity contribution in [1.29, 1.82) is 0 Å². The van der Waals surface area contributed by atoms with E-state index in [1.54, 1.807) is 11.3 Å². The summed E-state index contributed by atoms with van der Waals surface area (Å²) in [4.78, 5) is 9.06. The Bertz CT molecular complexity index is 709. The Balaban J connectivity index is 1.95. The van der Waals surface area contributed by atoms with Gasteiger partial charge in [-0.05, 0) is 40.8 Å². The lowest BCUT2D eigenvalue weighted by Crippen LogP contribution is -2.07. The zero-order chi connectivity index (χ0) is 13.9. The zero-order valence-electron chi connectivity index (χ0n) is 10.7. The number of aryl methyl sites for hydroxylation is 3. The molecule has 3 rings (SSSR count). The normalized spacial score (nSPS) is 11.3. The second kappa shape index (κ2) is 6.41. The van der Waals surface area contributed by atoms with Crippen molar-refractivity contribution in [3.8, 4) is 0 Å². The molecular formula is C14H13ClIN3S. The van der Waals surface area contributed by atoms with Crippen LogP contribution in [-0.2, 0) is 19.4 Å². The van der Waals surface area contributed by atoms with Gasteiger partial charge >= 0.3 is 0 Å². The van der Waals surface area contributed by atoms with E-state index in [9.17, 15) is 0 Å². The number of imidazole rings is 1. The summed E-state index contributed by atoms with van der Waals surface area (Å²) in [6, 6.07) is 6.38. The number of rotatable bonds is 5. The van der Waals surface area contributed by atoms with Crippen LogP contribution in [0.4, 0.5) is 0 Å². The molecule has 20 heavy (non-hydrogen) atoms. The van der Waals surface area contributed by atoms with Crippen LogP contribution in [0.1, 0.15) is 10.8 Å². The first-order valence-electron chi connectivity index (χ1n) is 6.37. The molecule has 0 bridgehead atoms. The molecule has 0 spiro atoms. The molecule has 0 aliphatic carbocycles. The van der Waals surface area contributed by atoms with Crippen LogP contribution in [-0.4, -0.2) is 20.4 Å². The summed E-state index contributed by atoms with van der Waals surface area (Å²) in [7, 11) is 0. The Morgan fingerprint density at radius 1 is 1.30 bits per heavy atom. The van der Waals surface area contributed by atoms with Gasteiger partial charge in [0.1, 0.15) is 5.82 Å². The summed E-state index contributed by atoms with van der Waals surface area (Å²) in [6.07, 6.45) is 3.59. The molecule has 6 heteroatoms. The zero-order valence-corrected chi connectivity index (χ0v) is 14.5. The fourth-order valence-corrected chi connectivity index (χ4v) is 3.52. The van der Waals surface area contributed by atoms with Crippen molar-refractivity contribution < 1.29 is 0 Å². The van der Waals surface area contributed by atoms with E-state index in [-0.39, 0.29) is 0 Å². The summed E-state index contributed by atoms with van der Waals surface area (Å²) in [5, 5.41) is 3.18. The summed E-state index contributed by atoms with van der Waals surface area (Å²) >= 11 is 9.92. The second-order valence-corrected chi connectivity index (χ2v) is 7.03. The predicted molar refractivity (Wildman–Crippen MR) is 92.7 cm³/mol. The van der Waals surface area contributed by atoms with Gasteiger partial charge in [-0.1, -0.05) is 0 Å². The Morgan fingerprint density at radius 3 is 2.95 bits per heavy atom. The summed E-state index contributed by atoms with van der Waals surface area (Å²) in [5.74, 6) is 1.66. The number of hydrogen-bond acceptors (Lipinski definition) is 3. The number of aromatic nitrogens is 3. The van der Waals surface area contributed by atoms with E-state index in [4.69, 9.17) is 16.6 Å². The van der Waals surface area contributed by atoms with Gasteiger partial charge in [0.05, 0.1) is 16.0 Å². The van der Waals surface area contributed by atoms with E-state index in [0.29, 0.717) is 5.88 Å². The molecule has 0 aliphatic heterocycles. The molecule has 0 aliphatic rings. The molecule has 104 valence electrons. The molecule has 0 amide bonds. The molecule has 2 aromatic heterocycles. The minimum absolute atomic E-state index is 0.595. The maximum Gasteiger partial charge on any atom is 0.111 e. The fourth-order valence-electron chi connectivity index (χ4n) is 2.26. The average molecular weight is 418 g/mol. The number of hydrogen-bond donors (Lipinski definition) is 0. The number of fused-ring (bicyclic) bond motifs is 1. The fraction of sp³-hybridized carbons (Fsp3) is 0.286. The van der Waals surface area contributed by atoms with Crippen molar-refractivity contribution in [3.05, 3.63) is 44.2 Å². The third-order valence-electron chi connectivity index (χ3n) is 3.14. The van der Waals surface area contributed by atoms with Crippen LogP contribution < -0.4 is 0 Å². The molecule has 0 saturated carbocycles. The highest BCUT2D eigenvalue weighted by molar-refractivity contribution is 14.1. The van der Waals surface area contributed by atoms with Crippen molar-refractivity contribution in [3.63, 3.8) is 0 Å². The van der Waals surface area contributed by atoms with Crippen LogP contribution in [0.5, 0.6) is 0 Å². The molecule has 0 radical (unpaired) electrons. The average Bonchev–Trinajstić information content (AvgIpc) is 3.04. The van der Waals surface area contributed by atoms with E-state index in [2.05, 4.69) is 50.3 Å². The van der Waals surface area contributed by atoms with Gasteiger partial charge in [-0.2, -0.15) is 0 Å². The monoisotopic (exact) mass is 417 g/mol. The quantitative estimate of drug-likeness (QED) is 0.462. The van der Waals surface area contributed by atoms with E-state index >= 15 is 0 Å². The Kier molecular flexibility index (Phi) is 4.58. The van der Waals surface area contributed by atoms with Gasteiger partial charge in [0.25, 0.3) is 0 Å². The lowest BCUT2D eigenvalue weighted by atomic mass is 10.3. The van der Waals surface area contributed by atoms with Gasteiger partial charge in [-0.25, -0.2) is 9.97 Å². The molecule has 0 saturated heterocycles. The first-order valence-corrected chi connectivity index (χ1v) is 8.86. The van der Waals surface area contributed by atoms with E-state index in [0.717, 1.165) is 35.7 Å². The molecule has 0 fully saturated rings. The molecule has 3 aromatic rings. The lowest BCUT2D eigenvalue weighted by molar-refractivity contribution is 0.673. The maximum atomic E-state index is 5.90. The number of alkyl halides is 1. The van der Waals surface area contributed by atoms with E-state index in [1.165, 1.54) is 9.09 Å². The molecule has 0 atom stereocenters.